The van der Waals surface area contributed by atoms with Crippen molar-refractivity contribution in [3.63, 3.8) is 0 Å². The van der Waals surface area contributed by atoms with E-state index in [4.69, 9.17) is 5.11 Å². The normalized spacial score (nSPS) is 14.1. The van der Waals surface area contributed by atoms with E-state index in [1.807, 2.05) is 0 Å². The maximum atomic E-state index is 13.0. The summed E-state index contributed by atoms with van der Waals surface area (Å²) in [6.45, 7) is 1.21. The van der Waals surface area contributed by atoms with Crippen molar-refractivity contribution in [2.75, 3.05) is 0 Å². The van der Waals surface area contributed by atoms with E-state index < -0.39 is 29.5 Å². The number of hydrogen-bond acceptors (Lipinski definition) is 1. The van der Waals surface area contributed by atoms with Crippen molar-refractivity contribution < 1.29 is 27.1 Å². The summed E-state index contributed by atoms with van der Waals surface area (Å²) in [6.07, 6.45) is -8.02. The quantitative estimate of drug-likeness (QED) is 0.730. The monoisotopic (exact) mass is 226 g/mol. The lowest BCUT2D eigenvalue weighted by Gasteiger charge is -2.16. The van der Waals surface area contributed by atoms with E-state index in [0.29, 0.717) is 6.07 Å². The highest BCUT2D eigenvalue weighted by Crippen LogP contribution is 2.34. The first-order chi connectivity index (χ1) is 6.75. The highest BCUT2D eigenvalue weighted by Gasteiger charge is 2.41. The van der Waals surface area contributed by atoms with Gasteiger partial charge in [0.2, 0.25) is 0 Å². The molecule has 0 saturated carbocycles. The molecule has 1 unspecified atom stereocenters. The summed E-state index contributed by atoms with van der Waals surface area (Å²) in [5.41, 5.74) is -1.23. The van der Waals surface area contributed by atoms with Crippen molar-refractivity contribution in [3.05, 3.63) is 34.9 Å². The SMILES string of the molecule is Cc1ccc(C(O)C(F)(F)F)c(F)c1F. The molecule has 0 spiro atoms. The fraction of sp³-hybridized carbons (Fsp3) is 0.333. The van der Waals surface area contributed by atoms with Gasteiger partial charge >= 0.3 is 6.18 Å². The molecule has 0 radical (unpaired) electrons. The number of rotatable bonds is 1. The van der Waals surface area contributed by atoms with E-state index >= 15 is 0 Å². The minimum atomic E-state index is -5.01. The minimum absolute atomic E-state index is 0.120. The van der Waals surface area contributed by atoms with Crippen LogP contribution in [0.5, 0.6) is 0 Å². The van der Waals surface area contributed by atoms with Crippen molar-refractivity contribution in [3.8, 4) is 0 Å². The van der Waals surface area contributed by atoms with Gasteiger partial charge in [-0.3, -0.25) is 0 Å². The van der Waals surface area contributed by atoms with E-state index in [0.717, 1.165) is 6.07 Å². The Bertz CT molecular complexity index is 372. The van der Waals surface area contributed by atoms with Crippen LogP contribution >= 0.6 is 0 Å². The topological polar surface area (TPSA) is 20.2 Å². The van der Waals surface area contributed by atoms with Gasteiger partial charge in [-0.25, -0.2) is 8.78 Å². The van der Waals surface area contributed by atoms with Gasteiger partial charge in [-0.1, -0.05) is 12.1 Å². The molecule has 0 aliphatic carbocycles. The summed E-state index contributed by atoms with van der Waals surface area (Å²) in [5, 5.41) is 8.72. The second-order valence-electron chi connectivity index (χ2n) is 3.04. The first-order valence-electron chi connectivity index (χ1n) is 3.94. The molecule has 1 rings (SSSR count). The molecule has 0 aliphatic heterocycles. The smallest absolute Gasteiger partial charge is 0.379 e. The van der Waals surface area contributed by atoms with Crippen LogP contribution in [0.2, 0.25) is 0 Å². The second kappa shape index (κ2) is 3.77. The van der Waals surface area contributed by atoms with Crippen LogP contribution in [0, 0.1) is 18.6 Å². The lowest BCUT2D eigenvalue weighted by atomic mass is 10.1. The average Bonchev–Trinajstić information content (AvgIpc) is 2.12. The van der Waals surface area contributed by atoms with Crippen molar-refractivity contribution in [1.82, 2.24) is 0 Å². The molecule has 6 heteroatoms. The maximum Gasteiger partial charge on any atom is 0.418 e. The second-order valence-corrected chi connectivity index (χ2v) is 3.04. The third-order valence-electron chi connectivity index (χ3n) is 1.91. The molecule has 0 heterocycles. The Hall–Kier alpha value is -1.17. The lowest BCUT2D eigenvalue weighted by molar-refractivity contribution is -0.207. The molecule has 0 amide bonds. The molecular formula is C9H7F5O. The molecule has 0 aliphatic rings. The number of benzene rings is 1. The van der Waals surface area contributed by atoms with Crippen molar-refractivity contribution in [1.29, 1.82) is 0 Å². The zero-order valence-electron chi connectivity index (χ0n) is 7.57. The van der Waals surface area contributed by atoms with E-state index in [-0.39, 0.29) is 5.56 Å². The number of alkyl halides is 3. The molecule has 0 bridgehead atoms. The van der Waals surface area contributed by atoms with Crippen LogP contribution in [0.1, 0.15) is 17.2 Å². The summed E-state index contributed by atoms with van der Waals surface area (Å²) in [5.74, 6) is -3.05. The van der Waals surface area contributed by atoms with E-state index in [9.17, 15) is 22.0 Å². The van der Waals surface area contributed by atoms with Gasteiger partial charge < -0.3 is 5.11 Å². The van der Waals surface area contributed by atoms with Crippen LogP contribution < -0.4 is 0 Å². The number of hydrogen-bond donors (Lipinski definition) is 1. The van der Waals surface area contributed by atoms with E-state index in [2.05, 4.69) is 0 Å². The van der Waals surface area contributed by atoms with Crippen molar-refractivity contribution in [2.24, 2.45) is 0 Å². The summed E-state index contributed by atoms with van der Waals surface area (Å²) >= 11 is 0. The predicted octanol–water partition coefficient (Wildman–Crippen LogP) is 2.87. The lowest BCUT2D eigenvalue weighted by Crippen LogP contribution is -2.21. The van der Waals surface area contributed by atoms with Gasteiger partial charge in [0, 0.05) is 5.56 Å². The first-order valence-corrected chi connectivity index (χ1v) is 3.94. The number of aliphatic hydroxyl groups excluding tert-OH is 1. The largest absolute Gasteiger partial charge is 0.418 e. The number of halogens is 5. The van der Waals surface area contributed by atoms with Crippen molar-refractivity contribution in [2.45, 2.75) is 19.2 Å². The van der Waals surface area contributed by atoms with E-state index in [1.165, 1.54) is 6.92 Å². The Labute approximate surface area is 82.1 Å². The maximum absolute atomic E-state index is 13.0. The van der Waals surface area contributed by atoms with Crippen LogP contribution in [0.25, 0.3) is 0 Å². The van der Waals surface area contributed by atoms with Gasteiger partial charge in [0.1, 0.15) is 0 Å². The highest BCUT2D eigenvalue weighted by molar-refractivity contribution is 5.27. The molecule has 1 atom stereocenters. The third-order valence-corrected chi connectivity index (χ3v) is 1.91. The van der Waals surface area contributed by atoms with E-state index in [1.54, 1.807) is 0 Å². The molecule has 0 fully saturated rings. The molecule has 0 aromatic heterocycles. The zero-order valence-corrected chi connectivity index (χ0v) is 7.57. The molecular weight excluding hydrogens is 219 g/mol. The van der Waals surface area contributed by atoms with Crippen molar-refractivity contribution >= 4 is 0 Å². The molecule has 0 saturated heterocycles. The summed E-state index contributed by atoms with van der Waals surface area (Å²) in [4.78, 5) is 0. The molecule has 84 valence electrons. The summed E-state index contributed by atoms with van der Waals surface area (Å²) in [6, 6.07) is 1.69. The summed E-state index contributed by atoms with van der Waals surface area (Å²) in [7, 11) is 0. The Morgan fingerprint density at radius 1 is 1.13 bits per heavy atom. The predicted molar refractivity (Wildman–Crippen MR) is 42.1 cm³/mol. The van der Waals surface area contributed by atoms with Gasteiger partial charge in [0.25, 0.3) is 0 Å². The Balaban J connectivity index is 3.23. The average molecular weight is 226 g/mol. The molecule has 1 aromatic rings. The summed E-state index contributed by atoms with van der Waals surface area (Å²) < 4.78 is 61.9. The number of aryl methyl sites for hydroxylation is 1. The van der Waals surface area contributed by atoms with Crippen LogP contribution in [-0.2, 0) is 0 Å². The Morgan fingerprint density at radius 2 is 1.67 bits per heavy atom. The van der Waals surface area contributed by atoms with Crippen LogP contribution in [0.4, 0.5) is 22.0 Å². The Morgan fingerprint density at radius 3 is 2.13 bits per heavy atom. The van der Waals surface area contributed by atoms with Crippen LogP contribution in [-0.4, -0.2) is 11.3 Å². The number of aliphatic hydroxyl groups is 1. The first kappa shape index (κ1) is 11.9. The van der Waals surface area contributed by atoms with Gasteiger partial charge in [-0.15, -0.1) is 0 Å². The van der Waals surface area contributed by atoms with Gasteiger partial charge in [-0.05, 0) is 12.5 Å². The van der Waals surface area contributed by atoms with Crippen LogP contribution in [0.15, 0.2) is 12.1 Å². The zero-order chi connectivity index (χ0) is 11.8. The third kappa shape index (κ3) is 2.26. The van der Waals surface area contributed by atoms with Gasteiger partial charge in [0.15, 0.2) is 17.7 Å². The highest BCUT2D eigenvalue weighted by atomic mass is 19.4. The standard InChI is InChI=1S/C9H7F5O/c1-4-2-3-5(7(11)6(4)10)8(15)9(12,13)14/h2-3,8,15H,1H3. The molecule has 1 nitrogen and oxygen atoms in total. The van der Waals surface area contributed by atoms with Crippen LogP contribution in [0.3, 0.4) is 0 Å². The molecule has 15 heavy (non-hydrogen) atoms. The molecule has 1 aromatic carbocycles. The van der Waals surface area contributed by atoms with Gasteiger partial charge in [-0.2, -0.15) is 13.2 Å². The minimum Gasteiger partial charge on any atom is -0.379 e. The fourth-order valence-corrected chi connectivity index (χ4v) is 1.05. The molecule has 1 N–H and O–H groups in total. The van der Waals surface area contributed by atoms with Gasteiger partial charge in [0.05, 0.1) is 0 Å². The Kier molecular flexibility index (Phi) is 2.99. The fourth-order valence-electron chi connectivity index (χ4n) is 1.05.